The average molecular weight is 599 g/mol. The van der Waals surface area contributed by atoms with Gasteiger partial charge in [0, 0.05) is 63.8 Å². The molecule has 0 fully saturated rings. The largest absolute Gasteiger partial charge is 0.469 e. The van der Waals surface area contributed by atoms with Crippen molar-refractivity contribution in [2.45, 2.75) is 90.3 Å². The first-order valence-electron chi connectivity index (χ1n) is 15.1. The predicted octanol–water partition coefficient (Wildman–Crippen LogP) is 5.22. The lowest BCUT2D eigenvalue weighted by Crippen LogP contribution is -2.44. The van der Waals surface area contributed by atoms with Crippen LogP contribution in [0.2, 0.25) is 0 Å². The number of aliphatic hydroxyl groups is 2. The number of rotatable bonds is 5. The number of aromatic nitrogens is 4. The number of hydrogen-bond donors (Lipinski definition) is 4. The van der Waals surface area contributed by atoms with E-state index in [0.29, 0.717) is 38.8 Å². The fourth-order valence-electron chi connectivity index (χ4n) is 7.31. The summed E-state index contributed by atoms with van der Waals surface area (Å²) in [5, 5.41) is 24.3. The Morgan fingerprint density at radius 1 is 1.05 bits per heavy atom. The van der Waals surface area contributed by atoms with Gasteiger partial charge in [-0.2, -0.15) is 0 Å². The lowest BCUT2D eigenvalue weighted by molar-refractivity contribution is -0.160. The molecule has 4 N–H and O–H groups in total. The second-order valence-electron chi connectivity index (χ2n) is 12.6. The summed E-state index contributed by atoms with van der Waals surface area (Å²) in [5.41, 5.74) is 3.37. The van der Waals surface area contributed by atoms with Crippen LogP contribution in [0, 0.1) is 13.8 Å². The van der Waals surface area contributed by atoms with E-state index >= 15 is 0 Å². The molecule has 3 aliphatic rings. The minimum atomic E-state index is -2.03. The molecule has 2 unspecified atom stereocenters. The Labute approximate surface area is 254 Å². The maximum absolute atomic E-state index is 13.5. The molecule has 0 aromatic carbocycles. The van der Waals surface area contributed by atoms with E-state index in [-0.39, 0.29) is 54.1 Å². The quantitative estimate of drug-likeness (QED) is 0.230. The van der Waals surface area contributed by atoms with Crippen molar-refractivity contribution in [3.8, 4) is 0 Å². The molecule has 3 aromatic heterocycles. The normalized spacial score (nSPS) is 24.2. The summed E-state index contributed by atoms with van der Waals surface area (Å²) in [6, 6.07) is 5.52. The fourth-order valence-corrected chi connectivity index (χ4v) is 7.31. The number of aromatic amines is 2. The summed E-state index contributed by atoms with van der Waals surface area (Å²) < 4.78 is 4.84. The number of nitrogens with one attached hydrogen (secondary N) is 2. The minimum absolute atomic E-state index is 0.0202. The van der Waals surface area contributed by atoms with Gasteiger partial charge < -0.3 is 24.9 Å². The Morgan fingerprint density at radius 2 is 1.73 bits per heavy atom. The number of nitrogens with zero attached hydrogens (tertiary/aromatic N) is 2. The molecule has 230 valence electrons. The highest BCUT2D eigenvalue weighted by Gasteiger charge is 2.56. The molecular formula is C34H38N4O6. The maximum Gasteiger partial charge on any atom is 0.305 e. The fraction of sp³-hybridized carbons (Fsp3) is 0.441. The molecule has 4 atom stereocenters. The Balaban J connectivity index is 1.79. The Hall–Kier alpha value is -4.15. The Bertz CT molecular complexity index is 1930. The van der Waals surface area contributed by atoms with Crippen LogP contribution in [0.4, 0.5) is 0 Å². The molecule has 0 saturated heterocycles. The number of ketones is 2. The SMILES string of the molecule is CC[C@H]1c2cc3[nH]c4c(c5nc(cc6[nH]c(cc(n2)[C@@H]1C)c(C(C)=O)c6C)C(C)(O)C5(O)CCC(=O)OC)CC(=O)c4c3C. The third-order valence-electron chi connectivity index (χ3n) is 10.0. The third-order valence-corrected chi connectivity index (χ3v) is 10.0. The van der Waals surface area contributed by atoms with Gasteiger partial charge in [-0.25, -0.2) is 0 Å². The van der Waals surface area contributed by atoms with Crippen LogP contribution in [0.3, 0.4) is 0 Å². The summed E-state index contributed by atoms with van der Waals surface area (Å²) in [6.45, 7) is 10.9. The summed E-state index contributed by atoms with van der Waals surface area (Å²) >= 11 is 0. The Morgan fingerprint density at radius 3 is 2.39 bits per heavy atom. The van der Waals surface area contributed by atoms with Crippen LogP contribution < -0.4 is 0 Å². The molecule has 1 aliphatic carbocycles. The summed E-state index contributed by atoms with van der Waals surface area (Å²) in [4.78, 5) is 55.2. The topological polar surface area (TPSA) is 158 Å². The number of hydrogen-bond acceptors (Lipinski definition) is 8. The lowest BCUT2D eigenvalue weighted by Gasteiger charge is -2.35. The van der Waals surface area contributed by atoms with E-state index in [1.54, 1.807) is 6.07 Å². The second kappa shape index (κ2) is 10.2. The van der Waals surface area contributed by atoms with Crippen molar-refractivity contribution in [2.24, 2.45) is 0 Å². The van der Waals surface area contributed by atoms with Crippen LogP contribution in [-0.2, 0) is 27.2 Å². The summed E-state index contributed by atoms with van der Waals surface area (Å²) in [7, 11) is 1.26. The van der Waals surface area contributed by atoms with Gasteiger partial charge >= 0.3 is 5.97 Å². The molecule has 2 aliphatic heterocycles. The van der Waals surface area contributed by atoms with Crippen molar-refractivity contribution >= 4 is 39.6 Å². The zero-order valence-corrected chi connectivity index (χ0v) is 26.1. The van der Waals surface area contributed by atoms with Crippen molar-refractivity contribution in [2.75, 3.05) is 7.11 Å². The molecule has 0 radical (unpaired) electrons. The zero-order chi connectivity index (χ0) is 31.9. The monoisotopic (exact) mass is 598 g/mol. The van der Waals surface area contributed by atoms with Gasteiger partial charge in [-0.3, -0.25) is 24.4 Å². The first kappa shape index (κ1) is 29.9. The van der Waals surface area contributed by atoms with Crippen LogP contribution >= 0.6 is 0 Å². The molecule has 3 aromatic rings. The van der Waals surface area contributed by atoms with Gasteiger partial charge in [0.05, 0.1) is 29.5 Å². The predicted molar refractivity (Wildman–Crippen MR) is 165 cm³/mol. The number of fused-ring (bicyclic) bond motifs is 8. The average Bonchev–Trinajstić information content (AvgIpc) is 3.69. The third kappa shape index (κ3) is 4.18. The van der Waals surface area contributed by atoms with Gasteiger partial charge in [-0.1, -0.05) is 13.8 Å². The molecule has 6 rings (SSSR count). The maximum atomic E-state index is 13.5. The summed E-state index contributed by atoms with van der Waals surface area (Å²) in [5.74, 6) is -0.578. The van der Waals surface area contributed by atoms with Gasteiger partial charge in [-0.05, 0) is 69.9 Å². The molecule has 0 amide bonds. The van der Waals surface area contributed by atoms with Gasteiger partial charge in [0.15, 0.2) is 11.6 Å². The number of esters is 1. The van der Waals surface area contributed by atoms with Crippen LogP contribution in [0.5, 0.6) is 0 Å². The molecule has 5 heterocycles. The second-order valence-corrected chi connectivity index (χ2v) is 12.6. The highest BCUT2D eigenvalue weighted by atomic mass is 16.5. The number of H-pyrrole nitrogens is 2. The van der Waals surface area contributed by atoms with E-state index in [1.165, 1.54) is 21.0 Å². The van der Waals surface area contributed by atoms with Crippen molar-refractivity contribution in [1.82, 2.24) is 19.9 Å². The first-order chi connectivity index (χ1) is 20.7. The molecule has 0 saturated carbocycles. The molecule has 10 nitrogen and oxygen atoms in total. The molecule has 8 bridgehead atoms. The number of aryl methyl sites for hydroxylation is 2. The highest BCUT2D eigenvalue weighted by Crippen LogP contribution is 2.50. The number of ether oxygens (including phenoxy) is 1. The first-order valence-corrected chi connectivity index (χ1v) is 15.1. The van der Waals surface area contributed by atoms with Crippen molar-refractivity contribution in [1.29, 1.82) is 0 Å². The zero-order valence-electron chi connectivity index (χ0n) is 26.1. The van der Waals surface area contributed by atoms with Crippen LogP contribution in [0.25, 0.3) is 22.1 Å². The number of carbonyl (C=O) groups is 3. The number of carbonyl (C=O) groups excluding carboxylic acids is 3. The number of Topliss-reactive ketones (excluding diaryl/α,β-unsaturated/α-hetero) is 2. The molecular weight excluding hydrogens is 560 g/mol. The van der Waals surface area contributed by atoms with Gasteiger partial charge in [-0.15, -0.1) is 0 Å². The van der Waals surface area contributed by atoms with E-state index in [1.807, 2.05) is 26.0 Å². The molecule has 44 heavy (non-hydrogen) atoms. The highest BCUT2D eigenvalue weighted by molar-refractivity contribution is 6.13. The van der Waals surface area contributed by atoms with Crippen molar-refractivity contribution in [3.63, 3.8) is 0 Å². The molecule has 0 spiro atoms. The van der Waals surface area contributed by atoms with Crippen LogP contribution in [0.1, 0.15) is 119 Å². The summed E-state index contributed by atoms with van der Waals surface area (Å²) in [6.07, 6.45) is 0.453. The van der Waals surface area contributed by atoms with E-state index < -0.39 is 17.2 Å². The van der Waals surface area contributed by atoms with E-state index in [4.69, 9.17) is 14.7 Å². The van der Waals surface area contributed by atoms with E-state index in [2.05, 4.69) is 23.8 Å². The standard InChI is InChI=1S/C34H38N4O6/c1-8-19-15(2)21-13-25-29(18(5)39)16(3)23(36-25)14-27-33(6,42)34(43,10-9-28(41)44-7)32(38-27)20-11-26(40)30-17(4)22(37-31(20)30)12-24(19)35-21/h12-15,19,36-37,42-43H,8-11H2,1-7H3/t15-,19-,33?,34?/m1/s1. The molecule has 10 heteroatoms. The lowest BCUT2D eigenvalue weighted by atomic mass is 9.77. The van der Waals surface area contributed by atoms with Crippen molar-refractivity contribution < 1.29 is 29.3 Å². The van der Waals surface area contributed by atoms with Crippen LogP contribution in [0.15, 0.2) is 18.2 Å². The van der Waals surface area contributed by atoms with E-state index in [0.717, 1.165) is 28.9 Å². The smallest absolute Gasteiger partial charge is 0.305 e. The van der Waals surface area contributed by atoms with Crippen molar-refractivity contribution in [3.05, 3.63) is 68.8 Å². The van der Waals surface area contributed by atoms with Gasteiger partial charge in [0.2, 0.25) is 0 Å². The van der Waals surface area contributed by atoms with Crippen LogP contribution in [-0.4, -0.2) is 54.8 Å². The van der Waals surface area contributed by atoms with Gasteiger partial charge in [0.1, 0.15) is 11.2 Å². The number of methoxy groups -OCH3 is 1. The Kier molecular flexibility index (Phi) is 6.94. The minimum Gasteiger partial charge on any atom is -0.469 e. The van der Waals surface area contributed by atoms with E-state index in [9.17, 15) is 24.6 Å². The van der Waals surface area contributed by atoms with Gasteiger partial charge in [0.25, 0.3) is 0 Å².